The molecule has 0 spiro atoms. The Balaban J connectivity index is 2.35. The molecule has 0 aromatic heterocycles. The van der Waals surface area contributed by atoms with Crippen LogP contribution in [0.2, 0.25) is 5.02 Å². The molecule has 0 saturated carbocycles. The van der Waals surface area contributed by atoms with Crippen molar-refractivity contribution in [3.8, 4) is 0 Å². The molecule has 2 nitrogen and oxygen atoms in total. The van der Waals surface area contributed by atoms with Crippen LogP contribution in [0.25, 0.3) is 0 Å². The molecule has 1 N–H and O–H groups in total. The van der Waals surface area contributed by atoms with Gasteiger partial charge in [-0.1, -0.05) is 24.6 Å². The van der Waals surface area contributed by atoms with Gasteiger partial charge in [0.2, 0.25) is 5.91 Å². The molecule has 1 amide bonds. The van der Waals surface area contributed by atoms with Gasteiger partial charge in [0, 0.05) is 16.8 Å². The number of hydrogen-bond acceptors (Lipinski definition) is 2. The molecule has 0 saturated heterocycles. The highest BCUT2D eigenvalue weighted by Gasteiger charge is 2.07. The molecule has 100 valence electrons. The van der Waals surface area contributed by atoms with E-state index in [-0.39, 0.29) is 17.8 Å². The summed E-state index contributed by atoms with van der Waals surface area (Å²) in [4.78, 5) is 11.5. The van der Waals surface area contributed by atoms with Crippen molar-refractivity contribution < 1.29 is 9.18 Å². The van der Waals surface area contributed by atoms with Crippen LogP contribution in [0.3, 0.4) is 0 Å². The Morgan fingerprint density at radius 1 is 1.56 bits per heavy atom. The van der Waals surface area contributed by atoms with E-state index in [2.05, 4.69) is 5.32 Å². The van der Waals surface area contributed by atoms with Crippen LogP contribution in [0.4, 0.5) is 4.39 Å². The standard InChI is InChI=1S/C13H17ClFNOS/c1-3-9(2)16-13(17)8-18-7-10-4-5-11(14)6-12(10)15/h4-6,9H,3,7-8H2,1-2H3,(H,16,17). The van der Waals surface area contributed by atoms with Crippen molar-refractivity contribution >= 4 is 29.3 Å². The van der Waals surface area contributed by atoms with E-state index < -0.39 is 0 Å². The van der Waals surface area contributed by atoms with Crippen LogP contribution in [-0.4, -0.2) is 17.7 Å². The van der Waals surface area contributed by atoms with Gasteiger partial charge in [-0.15, -0.1) is 11.8 Å². The lowest BCUT2D eigenvalue weighted by molar-refractivity contribution is -0.119. The summed E-state index contributed by atoms with van der Waals surface area (Å²) in [5.74, 6) is 0.477. The second-order valence-electron chi connectivity index (χ2n) is 4.11. The second-order valence-corrected chi connectivity index (χ2v) is 5.53. The molecule has 5 heteroatoms. The minimum absolute atomic E-state index is 0.0104. The van der Waals surface area contributed by atoms with E-state index >= 15 is 0 Å². The molecule has 18 heavy (non-hydrogen) atoms. The zero-order valence-electron chi connectivity index (χ0n) is 10.5. The number of nitrogens with one attached hydrogen (secondary N) is 1. The van der Waals surface area contributed by atoms with Crippen molar-refractivity contribution in [1.29, 1.82) is 0 Å². The summed E-state index contributed by atoms with van der Waals surface area (Å²) >= 11 is 7.06. The predicted molar refractivity (Wildman–Crippen MR) is 75.5 cm³/mol. The Kier molecular flexibility index (Phi) is 6.50. The highest BCUT2D eigenvalue weighted by Crippen LogP contribution is 2.19. The molecular weight excluding hydrogens is 273 g/mol. The van der Waals surface area contributed by atoms with Crippen molar-refractivity contribution in [2.24, 2.45) is 0 Å². The molecule has 1 atom stereocenters. The van der Waals surface area contributed by atoms with Crippen molar-refractivity contribution in [1.82, 2.24) is 5.32 Å². The van der Waals surface area contributed by atoms with Gasteiger partial charge >= 0.3 is 0 Å². The minimum atomic E-state index is -0.322. The highest BCUT2D eigenvalue weighted by atomic mass is 35.5. The smallest absolute Gasteiger partial charge is 0.230 e. The van der Waals surface area contributed by atoms with Crippen molar-refractivity contribution in [3.63, 3.8) is 0 Å². The molecule has 1 rings (SSSR count). The fourth-order valence-electron chi connectivity index (χ4n) is 1.31. The summed E-state index contributed by atoms with van der Waals surface area (Å²) in [6.45, 7) is 3.97. The molecule has 0 aliphatic rings. The first-order chi connectivity index (χ1) is 8.52. The lowest BCUT2D eigenvalue weighted by Crippen LogP contribution is -2.33. The maximum atomic E-state index is 13.4. The van der Waals surface area contributed by atoms with E-state index in [0.29, 0.717) is 22.1 Å². The summed E-state index contributed by atoms with van der Waals surface area (Å²) in [5.41, 5.74) is 0.570. The van der Waals surface area contributed by atoms with Gasteiger partial charge in [-0.25, -0.2) is 4.39 Å². The van der Waals surface area contributed by atoms with Crippen molar-refractivity contribution in [3.05, 3.63) is 34.6 Å². The van der Waals surface area contributed by atoms with E-state index in [4.69, 9.17) is 11.6 Å². The van der Waals surface area contributed by atoms with E-state index in [1.54, 1.807) is 12.1 Å². The van der Waals surface area contributed by atoms with E-state index in [1.807, 2.05) is 13.8 Å². The van der Waals surface area contributed by atoms with Gasteiger partial charge < -0.3 is 5.32 Å². The summed E-state index contributed by atoms with van der Waals surface area (Å²) in [6, 6.07) is 4.78. The molecule has 0 heterocycles. The lowest BCUT2D eigenvalue weighted by Gasteiger charge is -2.11. The van der Waals surface area contributed by atoms with Crippen molar-refractivity contribution in [2.75, 3.05) is 5.75 Å². The van der Waals surface area contributed by atoms with Gasteiger partial charge in [0.1, 0.15) is 5.82 Å². The number of hydrogen-bond donors (Lipinski definition) is 1. The normalized spacial score (nSPS) is 12.2. The average molecular weight is 290 g/mol. The second kappa shape index (κ2) is 7.64. The third kappa shape index (κ3) is 5.27. The Morgan fingerprint density at radius 2 is 2.28 bits per heavy atom. The molecule has 0 aliphatic carbocycles. The van der Waals surface area contributed by atoms with Crippen LogP contribution in [0.5, 0.6) is 0 Å². The largest absolute Gasteiger partial charge is 0.353 e. The molecular formula is C13H17ClFNOS. The third-order valence-electron chi connectivity index (χ3n) is 2.53. The number of carbonyl (C=O) groups excluding carboxylic acids is 1. The van der Waals surface area contributed by atoms with Gasteiger partial charge in [-0.05, 0) is 31.0 Å². The maximum absolute atomic E-state index is 13.4. The van der Waals surface area contributed by atoms with E-state index in [1.165, 1.54) is 17.8 Å². The quantitative estimate of drug-likeness (QED) is 0.866. The molecule has 1 aromatic carbocycles. The first-order valence-electron chi connectivity index (χ1n) is 5.84. The lowest BCUT2D eigenvalue weighted by atomic mass is 10.2. The number of halogens is 2. The van der Waals surface area contributed by atoms with Crippen molar-refractivity contribution in [2.45, 2.75) is 32.1 Å². The molecule has 0 fully saturated rings. The SMILES string of the molecule is CCC(C)NC(=O)CSCc1ccc(Cl)cc1F. The summed E-state index contributed by atoms with van der Waals surface area (Å²) < 4.78 is 13.4. The molecule has 0 bridgehead atoms. The fraction of sp³-hybridized carbons (Fsp3) is 0.462. The van der Waals surface area contributed by atoms with Crippen LogP contribution in [0.1, 0.15) is 25.8 Å². The van der Waals surface area contributed by atoms with E-state index in [0.717, 1.165) is 6.42 Å². The summed E-state index contributed by atoms with van der Waals surface area (Å²) in [7, 11) is 0. The minimum Gasteiger partial charge on any atom is -0.353 e. The third-order valence-corrected chi connectivity index (χ3v) is 3.74. The molecule has 1 unspecified atom stereocenters. The number of thioether (sulfide) groups is 1. The van der Waals surface area contributed by atoms with Gasteiger partial charge in [0.15, 0.2) is 0 Å². The Morgan fingerprint density at radius 3 is 2.89 bits per heavy atom. The van der Waals surface area contributed by atoms with Crippen LogP contribution >= 0.6 is 23.4 Å². The zero-order valence-corrected chi connectivity index (χ0v) is 12.1. The number of amides is 1. The first kappa shape index (κ1) is 15.3. The summed E-state index contributed by atoms with van der Waals surface area (Å²) in [6.07, 6.45) is 0.905. The predicted octanol–water partition coefficient (Wildman–Crippen LogP) is 3.63. The van der Waals surface area contributed by atoms with Gasteiger partial charge in [-0.2, -0.15) is 0 Å². The fourth-order valence-corrected chi connectivity index (χ4v) is 2.29. The number of rotatable bonds is 6. The highest BCUT2D eigenvalue weighted by molar-refractivity contribution is 7.99. The monoisotopic (exact) mass is 289 g/mol. The average Bonchev–Trinajstić information content (AvgIpc) is 2.31. The summed E-state index contributed by atoms with van der Waals surface area (Å²) in [5, 5.41) is 3.25. The maximum Gasteiger partial charge on any atom is 0.230 e. The Hall–Kier alpha value is -0.740. The van der Waals surface area contributed by atoms with E-state index in [9.17, 15) is 9.18 Å². The molecule has 0 radical (unpaired) electrons. The van der Waals surface area contributed by atoms with Crippen LogP contribution in [0.15, 0.2) is 18.2 Å². The van der Waals surface area contributed by atoms with Crippen LogP contribution < -0.4 is 5.32 Å². The molecule has 0 aliphatic heterocycles. The van der Waals surface area contributed by atoms with Crippen LogP contribution in [0, 0.1) is 5.82 Å². The number of benzene rings is 1. The van der Waals surface area contributed by atoms with Gasteiger partial charge in [-0.3, -0.25) is 4.79 Å². The first-order valence-corrected chi connectivity index (χ1v) is 7.37. The molecule has 1 aromatic rings. The number of carbonyl (C=O) groups is 1. The van der Waals surface area contributed by atoms with Gasteiger partial charge in [0.05, 0.1) is 5.75 Å². The van der Waals surface area contributed by atoms with Crippen LogP contribution in [-0.2, 0) is 10.5 Å². The Bertz CT molecular complexity index is 414. The van der Waals surface area contributed by atoms with Gasteiger partial charge in [0.25, 0.3) is 0 Å². The topological polar surface area (TPSA) is 29.1 Å². The zero-order chi connectivity index (χ0) is 13.5. The Labute approximate surface area is 116 Å².